The highest BCUT2D eigenvalue weighted by Gasteiger charge is 2.45. The first kappa shape index (κ1) is 20.3. The van der Waals surface area contributed by atoms with Gasteiger partial charge in [0.15, 0.2) is 11.2 Å². The van der Waals surface area contributed by atoms with E-state index in [4.69, 9.17) is 9.72 Å². The minimum absolute atomic E-state index is 0.106. The Balaban J connectivity index is 1.23. The number of aromatic nitrogens is 6. The van der Waals surface area contributed by atoms with Crippen LogP contribution in [0.1, 0.15) is 44.9 Å². The normalized spacial score (nSPS) is 24.2. The standard InChI is InChI=1S/C23H28N8O2/c1-3-30-20(15-10-24-14(2)25-11-15)28-19-21(30)26-13-27-22(19)33-18-8-9-29(12-18)23(32)31-16-4-5-17(31)7-6-16/h10-11,13,16-18H,3-9,12H2,1-2H3. The number of fused-ring (bicyclic) bond motifs is 3. The molecule has 172 valence electrons. The Bertz CT molecular complexity index is 1170. The number of carbonyl (C=O) groups is 1. The first-order valence-corrected chi connectivity index (χ1v) is 11.9. The molecule has 33 heavy (non-hydrogen) atoms. The van der Waals surface area contributed by atoms with Crippen molar-refractivity contribution >= 4 is 17.2 Å². The monoisotopic (exact) mass is 448 g/mol. The second kappa shape index (κ2) is 7.93. The SMILES string of the molecule is CCn1c(-c2cnc(C)nc2)nc2c(OC3CCN(C(=O)N4C5CCC4CC5)C3)ncnc21. The number of hydrogen-bond acceptors (Lipinski definition) is 7. The highest BCUT2D eigenvalue weighted by molar-refractivity contribution is 5.81. The molecule has 2 bridgehead atoms. The van der Waals surface area contributed by atoms with Gasteiger partial charge < -0.3 is 19.1 Å². The van der Waals surface area contributed by atoms with Crippen LogP contribution < -0.4 is 4.74 Å². The van der Waals surface area contributed by atoms with Crippen molar-refractivity contribution in [1.29, 1.82) is 0 Å². The highest BCUT2D eigenvalue weighted by atomic mass is 16.5. The largest absolute Gasteiger partial charge is 0.471 e. The topological polar surface area (TPSA) is 102 Å². The summed E-state index contributed by atoms with van der Waals surface area (Å²) in [6, 6.07) is 1.05. The van der Waals surface area contributed by atoms with E-state index in [0.29, 0.717) is 48.9 Å². The molecule has 0 spiro atoms. The van der Waals surface area contributed by atoms with Crippen LogP contribution in [-0.2, 0) is 6.54 Å². The minimum Gasteiger partial charge on any atom is -0.471 e. The number of nitrogens with zero attached hydrogens (tertiary/aromatic N) is 8. The molecule has 3 saturated heterocycles. The summed E-state index contributed by atoms with van der Waals surface area (Å²) in [5, 5.41) is 0. The van der Waals surface area contributed by atoms with Crippen molar-refractivity contribution in [2.75, 3.05) is 13.1 Å². The molecule has 0 aliphatic carbocycles. The molecule has 2 amide bonds. The lowest BCUT2D eigenvalue weighted by Gasteiger charge is -2.28. The molecule has 3 aromatic rings. The van der Waals surface area contributed by atoms with Crippen LogP contribution in [0, 0.1) is 6.92 Å². The molecule has 3 aliphatic rings. The molecule has 10 nitrogen and oxygen atoms in total. The average molecular weight is 449 g/mol. The summed E-state index contributed by atoms with van der Waals surface area (Å²) in [5.41, 5.74) is 2.17. The van der Waals surface area contributed by atoms with Gasteiger partial charge in [-0.05, 0) is 39.5 Å². The van der Waals surface area contributed by atoms with Gasteiger partial charge in [0.05, 0.1) is 12.1 Å². The molecule has 0 radical (unpaired) electrons. The third-order valence-corrected chi connectivity index (χ3v) is 7.22. The van der Waals surface area contributed by atoms with Crippen LogP contribution in [0.25, 0.3) is 22.6 Å². The van der Waals surface area contributed by atoms with E-state index in [1.54, 1.807) is 12.4 Å². The fourth-order valence-electron chi connectivity index (χ4n) is 5.57. The lowest BCUT2D eigenvalue weighted by Crippen LogP contribution is -2.45. The predicted molar refractivity (Wildman–Crippen MR) is 121 cm³/mol. The van der Waals surface area contributed by atoms with Crippen molar-refractivity contribution in [3.63, 3.8) is 0 Å². The number of aryl methyl sites for hydroxylation is 2. The molecule has 1 atom stereocenters. The quantitative estimate of drug-likeness (QED) is 0.605. The molecule has 0 saturated carbocycles. The van der Waals surface area contributed by atoms with Crippen molar-refractivity contribution in [3.05, 3.63) is 24.5 Å². The second-order valence-corrected chi connectivity index (χ2v) is 9.18. The van der Waals surface area contributed by atoms with Crippen molar-refractivity contribution in [1.82, 2.24) is 39.3 Å². The van der Waals surface area contributed by atoms with Gasteiger partial charge in [-0.2, -0.15) is 4.98 Å². The Morgan fingerprint density at radius 1 is 1.06 bits per heavy atom. The number of hydrogen-bond donors (Lipinski definition) is 0. The van der Waals surface area contributed by atoms with Gasteiger partial charge in [-0.1, -0.05) is 0 Å². The summed E-state index contributed by atoms with van der Waals surface area (Å²) in [6.07, 6.45) is 10.3. The molecular formula is C23H28N8O2. The van der Waals surface area contributed by atoms with E-state index >= 15 is 0 Å². The van der Waals surface area contributed by atoms with Crippen LogP contribution in [0.2, 0.25) is 0 Å². The van der Waals surface area contributed by atoms with Crippen LogP contribution in [0.15, 0.2) is 18.7 Å². The molecule has 3 fully saturated rings. The van der Waals surface area contributed by atoms with Gasteiger partial charge in [0.1, 0.15) is 24.1 Å². The molecule has 6 rings (SSSR count). The lowest BCUT2D eigenvalue weighted by molar-refractivity contribution is 0.146. The van der Waals surface area contributed by atoms with Crippen LogP contribution >= 0.6 is 0 Å². The van der Waals surface area contributed by atoms with Crippen LogP contribution in [-0.4, -0.2) is 76.6 Å². The van der Waals surface area contributed by atoms with Gasteiger partial charge >= 0.3 is 6.03 Å². The summed E-state index contributed by atoms with van der Waals surface area (Å²) in [5.74, 6) is 1.91. The van der Waals surface area contributed by atoms with Gasteiger partial charge in [-0.15, -0.1) is 0 Å². The summed E-state index contributed by atoms with van der Waals surface area (Å²) in [7, 11) is 0. The maximum Gasteiger partial charge on any atom is 0.320 e. The van der Waals surface area contributed by atoms with Gasteiger partial charge in [0.25, 0.3) is 0 Å². The fraction of sp³-hybridized carbons (Fsp3) is 0.565. The van der Waals surface area contributed by atoms with Crippen molar-refractivity contribution < 1.29 is 9.53 Å². The highest BCUT2D eigenvalue weighted by Crippen LogP contribution is 2.38. The number of amides is 2. The Morgan fingerprint density at radius 3 is 2.48 bits per heavy atom. The average Bonchev–Trinajstić information content (AvgIpc) is 3.62. The Labute approximate surface area is 192 Å². The summed E-state index contributed by atoms with van der Waals surface area (Å²) in [4.78, 5) is 39.5. The molecule has 3 aliphatic heterocycles. The molecule has 6 heterocycles. The van der Waals surface area contributed by atoms with E-state index in [-0.39, 0.29) is 12.1 Å². The van der Waals surface area contributed by atoms with Crippen LogP contribution in [0.5, 0.6) is 5.88 Å². The fourth-order valence-corrected chi connectivity index (χ4v) is 5.57. The maximum atomic E-state index is 13.1. The second-order valence-electron chi connectivity index (χ2n) is 9.18. The van der Waals surface area contributed by atoms with Crippen molar-refractivity contribution in [2.45, 2.75) is 70.7 Å². The first-order valence-electron chi connectivity index (χ1n) is 11.9. The van der Waals surface area contributed by atoms with E-state index in [0.717, 1.165) is 49.1 Å². The Morgan fingerprint density at radius 2 is 1.79 bits per heavy atom. The van der Waals surface area contributed by atoms with E-state index in [1.807, 2.05) is 23.3 Å². The van der Waals surface area contributed by atoms with Gasteiger partial charge in [0, 0.05) is 44.0 Å². The Hall–Kier alpha value is -3.30. The van der Waals surface area contributed by atoms with Gasteiger partial charge in [-0.3, -0.25) is 0 Å². The van der Waals surface area contributed by atoms with E-state index in [9.17, 15) is 4.79 Å². The number of rotatable bonds is 4. The summed E-state index contributed by atoms with van der Waals surface area (Å²) in [6.45, 7) is 5.89. The molecule has 10 heteroatoms. The van der Waals surface area contributed by atoms with E-state index in [1.165, 1.54) is 6.33 Å². The van der Waals surface area contributed by atoms with Gasteiger partial charge in [-0.25, -0.2) is 24.7 Å². The summed E-state index contributed by atoms with van der Waals surface area (Å²) >= 11 is 0. The Kier molecular flexibility index (Phi) is 4.88. The zero-order valence-electron chi connectivity index (χ0n) is 19.0. The number of urea groups is 1. The number of likely N-dealkylation sites (tertiary alicyclic amines) is 1. The maximum absolute atomic E-state index is 13.1. The van der Waals surface area contributed by atoms with Crippen LogP contribution in [0.4, 0.5) is 4.79 Å². The number of imidazole rings is 1. The number of carbonyl (C=O) groups excluding carboxylic acids is 1. The number of ether oxygens (including phenoxy) is 1. The van der Waals surface area contributed by atoms with Crippen molar-refractivity contribution in [3.8, 4) is 17.3 Å². The predicted octanol–water partition coefficient (Wildman–Crippen LogP) is 2.81. The summed E-state index contributed by atoms with van der Waals surface area (Å²) < 4.78 is 8.32. The third-order valence-electron chi connectivity index (χ3n) is 7.22. The molecule has 0 aromatic carbocycles. The van der Waals surface area contributed by atoms with Crippen LogP contribution in [0.3, 0.4) is 0 Å². The zero-order valence-corrected chi connectivity index (χ0v) is 19.0. The van der Waals surface area contributed by atoms with Gasteiger partial charge in [0.2, 0.25) is 5.88 Å². The molecular weight excluding hydrogens is 420 g/mol. The molecule has 3 aromatic heterocycles. The first-order chi connectivity index (χ1) is 16.1. The smallest absolute Gasteiger partial charge is 0.320 e. The zero-order chi connectivity index (χ0) is 22.5. The third kappa shape index (κ3) is 3.39. The minimum atomic E-state index is -0.106. The van der Waals surface area contributed by atoms with Crippen molar-refractivity contribution in [2.24, 2.45) is 0 Å². The molecule has 1 unspecified atom stereocenters. The molecule has 0 N–H and O–H groups in total. The lowest BCUT2D eigenvalue weighted by atomic mass is 10.0. The van der Waals surface area contributed by atoms with E-state index in [2.05, 4.69) is 24.8 Å². The van der Waals surface area contributed by atoms with E-state index < -0.39 is 0 Å².